The number of phenols is 2. The number of rotatable bonds is 3. The monoisotopic (exact) mass is 219 g/mol. The summed E-state index contributed by atoms with van der Waals surface area (Å²) in [5.41, 5.74) is 0.991. The quantitative estimate of drug-likeness (QED) is 0.540. The summed E-state index contributed by atoms with van der Waals surface area (Å²) in [7, 11) is 0. The van der Waals surface area contributed by atoms with Crippen molar-refractivity contribution in [1.82, 2.24) is 5.32 Å². The molecule has 16 heavy (non-hydrogen) atoms. The molecule has 0 amide bonds. The van der Waals surface area contributed by atoms with Gasteiger partial charge in [0, 0.05) is 12.6 Å². The Hall–Kier alpha value is -1.48. The van der Waals surface area contributed by atoms with E-state index in [-0.39, 0.29) is 11.5 Å². The molecule has 3 nitrogen and oxygen atoms in total. The third-order valence-corrected chi connectivity index (χ3v) is 2.90. The molecule has 0 heterocycles. The van der Waals surface area contributed by atoms with Gasteiger partial charge in [0.2, 0.25) is 0 Å². The second-order valence-corrected chi connectivity index (χ2v) is 4.19. The van der Waals surface area contributed by atoms with E-state index in [1.165, 1.54) is 12.5 Å². The largest absolute Gasteiger partial charge is 0.504 e. The molecular weight excluding hydrogens is 202 g/mol. The van der Waals surface area contributed by atoms with Gasteiger partial charge < -0.3 is 15.5 Å². The van der Waals surface area contributed by atoms with E-state index in [9.17, 15) is 10.2 Å². The lowest BCUT2D eigenvalue weighted by Crippen LogP contribution is -2.29. The molecule has 2 rings (SSSR count). The van der Waals surface area contributed by atoms with Crippen molar-refractivity contribution in [3.63, 3.8) is 0 Å². The molecule has 1 atom stereocenters. The zero-order chi connectivity index (χ0) is 11.4. The van der Waals surface area contributed by atoms with Crippen LogP contribution in [0.3, 0.4) is 0 Å². The van der Waals surface area contributed by atoms with Crippen LogP contribution in [-0.2, 0) is 6.54 Å². The highest BCUT2D eigenvalue weighted by Gasteiger charge is 2.09. The van der Waals surface area contributed by atoms with Crippen molar-refractivity contribution in [2.24, 2.45) is 0 Å². The van der Waals surface area contributed by atoms with Crippen molar-refractivity contribution in [1.29, 1.82) is 0 Å². The Morgan fingerprint density at radius 1 is 1.19 bits per heavy atom. The van der Waals surface area contributed by atoms with Gasteiger partial charge in [-0.25, -0.2) is 0 Å². The van der Waals surface area contributed by atoms with Crippen LogP contribution in [0.15, 0.2) is 30.4 Å². The van der Waals surface area contributed by atoms with E-state index in [0.717, 1.165) is 24.9 Å². The van der Waals surface area contributed by atoms with Crippen LogP contribution in [0.2, 0.25) is 0 Å². The third-order valence-electron chi connectivity index (χ3n) is 2.90. The number of hydrogen-bond acceptors (Lipinski definition) is 3. The van der Waals surface area contributed by atoms with Crippen LogP contribution in [0.1, 0.15) is 24.8 Å². The third kappa shape index (κ3) is 2.76. The molecule has 1 aliphatic rings. The standard InChI is InChI=1S/C13H17NO2/c15-12-7-6-10(8-13(12)16)9-14-11-4-2-1-3-5-11/h1-2,6-8,11,14-16H,3-5,9H2. The first-order valence-corrected chi connectivity index (χ1v) is 5.65. The zero-order valence-electron chi connectivity index (χ0n) is 9.19. The van der Waals surface area contributed by atoms with E-state index in [0.29, 0.717) is 6.04 Å². The molecule has 0 spiro atoms. The molecule has 1 unspecified atom stereocenters. The Balaban J connectivity index is 1.89. The van der Waals surface area contributed by atoms with Gasteiger partial charge in [-0.1, -0.05) is 18.2 Å². The fourth-order valence-electron chi connectivity index (χ4n) is 1.92. The van der Waals surface area contributed by atoms with Crippen LogP contribution in [0, 0.1) is 0 Å². The fourth-order valence-corrected chi connectivity index (χ4v) is 1.92. The molecule has 3 heteroatoms. The van der Waals surface area contributed by atoms with E-state index in [2.05, 4.69) is 17.5 Å². The zero-order valence-corrected chi connectivity index (χ0v) is 9.19. The normalized spacial score (nSPS) is 19.9. The molecule has 86 valence electrons. The number of allylic oxidation sites excluding steroid dienone is 1. The van der Waals surface area contributed by atoms with Gasteiger partial charge in [0.15, 0.2) is 11.5 Å². The smallest absolute Gasteiger partial charge is 0.157 e. The van der Waals surface area contributed by atoms with Crippen LogP contribution in [0.25, 0.3) is 0 Å². The van der Waals surface area contributed by atoms with Crippen LogP contribution in [0.5, 0.6) is 11.5 Å². The van der Waals surface area contributed by atoms with E-state index in [4.69, 9.17) is 0 Å². The fraction of sp³-hybridized carbons (Fsp3) is 0.385. The molecule has 0 bridgehead atoms. The van der Waals surface area contributed by atoms with Gasteiger partial charge in [-0.05, 0) is 37.0 Å². The number of nitrogens with one attached hydrogen (secondary N) is 1. The predicted molar refractivity (Wildman–Crippen MR) is 63.4 cm³/mol. The topological polar surface area (TPSA) is 52.5 Å². The van der Waals surface area contributed by atoms with Gasteiger partial charge in [-0.3, -0.25) is 0 Å². The van der Waals surface area contributed by atoms with E-state index >= 15 is 0 Å². The maximum Gasteiger partial charge on any atom is 0.157 e. The Kier molecular flexibility index (Phi) is 3.47. The van der Waals surface area contributed by atoms with Gasteiger partial charge in [0.1, 0.15) is 0 Å². The van der Waals surface area contributed by atoms with Crippen LogP contribution in [0.4, 0.5) is 0 Å². The molecule has 3 N–H and O–H groups in total. The first-order valence-electron chi connectivity index (χ1n) is 5.65. The predicted octanol–water partition coefficient (Wildman–Crippen LogP) is 2.30. The van der Waals surface area contributed by atoms with Crippen molar-refractivity contribution < 1.29 is 10.2 Å². The van der Waals surface area contributed by atoms with E-state index in [1.54, 1.807) is 6.07 Å². The highest BCUT2D eigenvalue weighted by Crippen LogP contribution is 2.24. The van der Waals surface area contributed by atoms with Gasteiger partial charge in [-0.2, -0.15) is 0 Å². The lowest BCUT2D eigenvalue weighted by atomic mass is 10.0. The lowest BCUT2D eigenvalue weighted by Gasteiger charge is -2.19. The minimum Gasteiger partial charge on any atom is -0.504 e. The number of phenolic OH excluding ortho intramolecular Hbond substituents is 2. The van der Waals surface area contributed by atoms with Crippen LogP contribution < -0.4 is 5.32 Å². The maximum absolute atomic E-state index is 9.35. The molecule has 0 aromatic heterocycles. The summed E-state index contributed by atoms with van der Waals surface area (Å²) in [5.74, 6) is -0.118. The summed E-state index contributed by atoms with van der Waals surface area (Å²) >= 11 is 0. The summed E-state index contributed by atoms with van der Waals surface area (Å²) in [5, 5.41) is 22.0. The van der Waals surface area contributed by atoms with Crippen molar-refractivity contribution in [2.75, 3.05) is 0 Å². The number of hydrogen-bond donors (Lipinski definition) is 3. The first kappa shape index (κ1) is 11.0. The highest BCUT2D eigenvalue weighted by molar-refractivity contribution is 5.40. The SMILES string of the molecule is Oc1ccc(CNC2CC=CCC2)cc1O. The number of aromatic hydroxyl groups is 2. The molecule has 0 saturated carbocycles. The molecule has 0 saturated heterocycles. The van der Waals surface area contributed by atoms with Crippen LogP contribution >= 0.6 is 0 Å². The van der Waals surface area contributed by atoms with Crippen molar-refractivity contribution in [2.45, 2.75) is 31.8 Å². The van der Waals surface area contributed by atoms with Crippen molar-refractivity contribution in [3.05, 3.63) is 35.9 Å². The second-order valence-electron chi connectivity index (χ2n) is 4.19. The Labute approximate surface area is 95.4 Å². The van der Waals surface area contributed by atoms with Crippen molar-refractivity contribution >= 4 is 0 Å². The molecule has 1 aromatic rings. The minimum absolute atomic E-state index is 0.0529. The Morgan fingerprint density at radius 2 is 2.06 bits per heavy atom. The molecule has 0 radical (unpaired) electrons. The van der Waals surface area contributed by atoms with Crippen molar-refractivity contribution in [3.8, 4) is 11.5 Å². The van der Waals surface area contributed by atoms with Gasteiger partial charge in [-0.15, -0.1) is 0 Å². The Morgan fingerprint density at radius 3 is 2.75 bits per heavy atom. The van der Waals surface area contributed by atoms with Gasteiger partial charge >= 0.3 is 0 Å². The minimum atomic E-state index is -0.0654. The first-order chi connectivity index (χ1) is 7.75. The number of benzene rings is 1. The molecular formula is C13H17NO2. The average molecular weight is 219 g/mol. The second kappa shape index (κ2) is 5.03. The highest BCUT2D eigenvalue weighted by atomic mass is 16.3. The molecule has 1 aromatic carbocycles. The van der Waals surface area contributed by atoms with Crippen LogP contribution in [-0.4, -0.2) is 16.3 Å². The molecule has 0 fully saturated rings. The molecule has 0 aliphatic heterocycles. The lowest BCUT2D eigenvalue weighted by molar-refractivity contribution is 0.402. The maximum atomic E-state index is 9.35. The summed E-state index contributed by atoms with van der Waals surface area (Å²) in [6.45, 7) is 0.729. The van der Waals surface area contributed by atoms with Gasteiger partial charge in [0.05, 0.1) is 0 Å². The van der Waals surface area contributed by atoms with Gasteiger partial charge in [0.25, 0.3) is 0 Å². The molecule has 1 aliphatic carbocycles. The summed E-state index contributed by atoms with van der Waals surface area (Å²) in [4.78, 5) is 0. The van der Waals surface area contributed by atoms with E-state index < -0.39 is 0 Å². The average Bonchev–Trinajstić information content (AvgIpc) is 2.32. The summed E-state index contributed by atoms with van der Waals surface area (Å²) in [6.07, 6.45) is 7.79. The summed E-state index contributed by atoms with van der Waals surface area (Å²) < 4.78 is 0. The summed E-state index contributed by atoms with van der Waals surface area (Å²) in [6, 6.07) is 5.47. The van der Waals surface area contributed by atoms with E-state index in [1.807, 2.05) is 6.07 Å². The Bertz CT molecular complexity index is 388.